The number of nitrogens with two attached hydrogens (primary N) is 2. The molecule has 0 saturated heterocycles. The maximum Gasteiger partial charge on any atom is 0.328 e. The molecule has 0 spiro atoms. The van der Waals surface area contributed by atoms with E-state index < -0.39 is 18.1 Å². The molecule has 0 aliphatic rings. The Morgan fingerprint density at radius 2 is 2.04 bits per heavy atom. The molecule has 2 atom stereocenters. The fraction of sp³-hybridized carbons (Fsp3) is 0.444. The average molecular weight is 346 g/mol. The predicted molar refractivity (Wildman–Crippen MR) is 96.8 cm³/mol. The highest BCUT2D eigenvalue weighted by Gasteiger charge is 2.24. The Bertz CT molecular complexity index is 713. The van der Waals surface area contributed by atoms with Gasteiger partial charge in [0.2, 0.25) is 5.91 Å². The Morgan fingerprint density at radius 3 is 2.76 bits per heavy atom. The zero-order valence-electron chi connectivity index (χ0n) is 14.5. The molecule has 0 aliphatic heterocycles. The number of rotatable bonds is 9. The number of amides is 1. The number of aromatic nitrogens is 1. The van der Waals surface area contributed by atoms with Gasteiger partial charge in [-0.3, -0.25) is 4.79 Å². The Kier molecular flexibility index (Phi) is 6.97. The molecule has 7 heteroatoms. The Balaban J connectivity index is 1.98. The van der Waals surface area contributed by atoms with E-state index in [0.717, 1.165) is 29.3 Å². The van der Waals surface area contributed by atoms with Crippen molar-refractivity contribution < 1.29 is 14.3 Å². The molecule has 0 aliphatic carbocycles. The third-order valence-electron chi connectivity index (χ3n) is 4.20. The minimum absolute atomic E-state index is 0.367. The van der Waals surface area contributed by atoms with Crippen molar-refractivity contribution in [3.8, 4) is 0 Å². The lowest BCUT2D eigenvalue weighted by Crippen LogP contribution is -2.49. The molecule has 1 aromatic heterocycles. The summed E-state index contributed by atoms with van der Waals surface area (Å²) in [5.74, 6) is -0.835. The minimum Gasteiger partial charge on any atom is -0.467 e. The molecule has 25 heavy (non-hydrogen) atoms. The number of esters is 1. The fourth-order valence-electron chi connectivity index (χ4n) is 2.79. The number of ether oxygens (including phenoxy) is 1. The lowest BCUT2D eigenvalue weighted by Gasteiger charge is -2.19. The van der Waals surface area contributed by atoms with Crippen LogP contribution < -0.4 is 16.8 Å². The van der Waals surface area contributed by atoms with Crippen molar-refractivity contribution in [2.24, 2.45) is 11.5 Å². The molecular weight excluding hydrogens is 320 g/mol. The van der Waals surface area contributed by atoms with E-state index in [-0.39, 0.29) is 5.91 Å². The van der Waals surface area contributed by atoms with E-state index in [2.05, 4.69) is 10.3 Å². The van der Waals surface area contributed by atoms with Gasteiger partial charge in [-0.2, -0.15) is 0 Å². The van der Waals surface area contributed by atoms with Gasteiger partial charge in [0.25, 0.3) is 0 Å². The van der Waals surface area contributed by atoms with Crippen LogP contribution in [0.25, 0.3) is 10.9 Å². The van der Waals surface area contributed by atoms with E-state index in [9.17, 15) is 9.59 Å². The molecule has 136 valence electrons. The molecule has 1 heterocycles. The Morgan fingerprint density at radius 1 is 1.28 bits per heavy atom. The Labute approximate surface area is 147 Å². The highest BCUT2D eigenvalue weighted by molar-refractivity contribution is 5.89. The summed E-state index contributed by atoms with van der Waals surface area (Å²) in [6.45, 7) is 0.544. The van der Waals surface area contributed by atoms with Crippen molar-refractivity contribution in [3.05, 3.63) is 36.0 Å². The molecule has 6 N–H and O–H groups in total. The van der Waals surface area contributed by atoms with Crippen LogP contribution >= 0.6 is 0 Å². The van der Waals surface area contributed by atoms with E-state index in [1.165, 1.54) is 7.11 Å². The molecule has 2 aromatic rings. The number of para-hydroxylation sites is 1. The van der Waals surface area contributed by atoms with Crippen molar-refractivity contribution in [2.45, 2.75) is 37.8 Å². The predicted octanol–water partition coefficient (Wildman–Crippen LogP) is 0.825. The van der Waals surface area contributed by atoms with Crippen LogP contribution in [0.15, 0.2) is 30.5 Å². The molecule has 7 nitrogen and oxygen atoms in total. The number of nitrogens with one attached hydrogen (secondary N) is 2. The van der Waals surface area contributed by atoms with Gasteiger partial charge in [0.1, 0.15) is 6.04 Å². The number of carbonyl (C=O) groups is 2. The standard InChI is InChI=1S/C18H26N4O3/c1-25-18(24)16(8-4-5-9-19)22-17(23)14(20)10-12-11-21-15-7-3-2-6-13(12)15/h2-3,6-7,11,14,16,21H,4-5,8-10,19-20H2,1H3,(H,22,23)/t14-,16+/m1/s1. The monoisotopic (exact) mass is 346 g/mol. The maximum atomic E-state index is 12.4. The first-order chi connectivity index (χ1) is 12.1. The zero-order valence-corrected chi connectivity index (χ0v) is 14.5. The number of aromatic amines is 1. The van der Waals surface area contributed by atoms with Crippen LogP contribution in [0.1, 0.15) is 24.8 Å². The van der Waals surface area contributed by atoms with Crippen LogP contribution in [-0.4, -0.2) is 42.6 Å². The highest BCUT2D eigenvalue weighted by Crippen LogP contribution is 2.18. The van der Waals surface area contributed by atoms with Gasteiger partial charge < -0.3 is 26.5 Å². The second-order valence-electron chi connectivity index (χ2n) is 6.04. The van der Waals surface area contributed by atoms with E-state index in [0.29, 0.717) is 19.4 Å². The van der Waals surface area contributed by atoms with Crippen LogP contribution in [-0.2, 0) is 20.7 Å². The number of H-pyrrole nitrogens is 1. The van der Waals surface area contributed by atoms with Gasteiger partial charge in [-0.05, 0) is 43.9 Å². The summed E-state index contributed by atoms with van der Waals surface area (Å²) in [7, 11) is 1.30. The largest absolute Gasteiger partial charge is 0.467 e. The number of hydrogen-bond donors (Lipinski definition) is 4. The van der Waals surface area contributed by atoms with Crippen molar-refractivity contribution in [2.75, 3.05) is 13.7 Å². The average Bonchev–Trinajstić information content (AvgIpc) is 3.03. The van der Waals surface area contributed by atoms with Gasteiger partial charge in [-0.25, -0.2) is 4.79 Å². The SMILES string of the molecule is COC(=O)[C@H](CCCCN)NC(=O)[C@H](N)Cc1c[nH]c2ccccc12. The van der Waals surface area contributed by atoms with E-state index in [4.69, 9.17) is 16.2 Å². The maximum absolute atomic E-state index is 12.4. The van der Waals surface area contributed by atoms with Crippen molar-refractivity contribution >= 4 is 22.8 Å². The van der Waals surface area contributed by atoms with Crippen LogP contribution in [0, 0.1) is 0 Å². The Hall–Kier alpha value is -2.38. The summed E-state index contributed by atoms with van der Waals surface area (Å²) in [5, 5.41) is 3.74. The normalized spacial score (nSPS) is 13.4. The lowest BCUT2D eigenvalue weighted by molar-refractivity contribution is -0.145. The van der Waals surface area contributed by atoms with Crippen molar-refractivity contribution in [3.63, 3.8) is 0 Å². The third-order valence-corrected chi connectivity index (χ3v) is 4.20. The van der Waals surface area contributed by atoms with E-state index in [1.807, 2.05) is 30.5 Å². The van der Waals surface area contributed by atoms with Crippen LogP contribution in [0.5, 0.6) is 0 Å². The van der Waals surface area contributed by atoms with Crippen LogP contribution in [0.2, 0.25) is 0 Å². The van der Waals surface area contributed by atoms with Gasteiger partial charge in [-0.1, -0.05) is 18.2 Å². The molecular formula is C18H26N4O3. The lowest BCUT2D eigenvalue weighted by atomic mass is 10.0. The van der Waals surface area contributed by atoms with Gasteiger partial charge in [0, 0.05) is 17.1 Å². The van der Waals surface area contributed by atoms with Crippen LogP contribution in [0.3, 0.4) is 0 Å². The molecule has 0 radical (unpaired) electrons. The molecule has 0 bridgehead atoms. The van der Waals surface area contributed by atoms with Crippen LogP contribution in [0.4, 0.5) is 0 Å². The molecule has 1 amide bonds. The number of hydrogen-bond acceptors (Lipinski definition) is 5. The van der Waals surface area contributed by atoms with Gasteiger partial charge >= 0.3 is 5.97 Å². The minimum atomic E-state index is -0.749. The molecule has 0 unspecified atom stereocenters. The van der Waals surface area contributed by atoms with Gasteiger partial charge in [0.05, 0.1) is 13.2 Å². The van der Waals surface area contributed by atoms with E-state index >= 15 is 0 Å². The van der Waals surface area contributed by atoms with Crippen molar-refractivity contribution in [1.82, 2.24) is 10.3 Å². The molecule has 0 fully saturated rings. The number of carbonyl (C=O) groups excluding carboxylic acids is 2. The second-order valence-corrected chi connectivity index (χ2v) is 6.04. The third kappa shape index (κ3) is 5.04. The summed E-state index contributed by atoms with van der Waals surface area (Å²) < 4.78 is 4.76. The summed E-state index contributed by atoms with van der Waals surface area (Å²) in [6.07, 6.45) is 4.23. The number of benzene rings is 1. The number of methoxy groups -OCH3 is 1. The summed E-state index contributed by atoms with van der Waals surface area (Å²) in [4.78, 5) is 27.4. The zero-order chi connectivity index (χ0) is 18.2. The van der Waals surface area contributed by atoms with Gasteiger partial charge in [-0.15, -0.1) is 0 Å². The van der Waals surface area contributed by atoms with Gasteiger partial charge in [0.15, 0.2) is 0 Å². The number of unbranched alkanes of at least 4 members (excludes halogenated alkanes) is 1. The quantitative estimate of drug-likeness (QED) is 0.395. The smallest absolute Gasteiger partial charge is 0.328 e. The summed E-state index contributed by atoms with van der Waals surface area (Å²) in [5.41, 5.74) is 13.5. The summed E-state index contributed by atoms with van der Waals surface area (Å²) >= 11 is 0. The molecule has 1 aromatic carbocycles. The fourth-order valence-corrected chi connectivity index (χ4v) is 2.79. The highest BCUT2D eigenvalue weighted by atomic mass is 16.5. The molecule has 0 saturated carbocycles. The first-order valence-electron chi connectivity index (χ1n) is 8.45. The second kappa shape index (κ2) is 9.19. The first-order valence-corrected chi connectivity index (χ1v) is 8.45. The van der Waals surface area contributed by atoms with E-state index in [1.54, 1.807) is 0 Å². The summed E-state index contributed by atoms with van der Waals surface area (Å²) in [6, 6.07) is 6.39. The first kappa shape index (κ1) is 19.0. The topological polar surface area (TPSA) is 123 Å². The molecule has 2 rings (SSSR count). The number of fused-ring (bicyclic) bond motifs is 1. The van der Waals surface area contributed by atoms with Crippen molar-refractivity contribution in [1.29, 1.82) is 0 Å².